The van der Waals surface area contributed by atoms with Crippen LogP contribution in [0.5, 0.6) is 0 Å². The Morgan fingerprint density at radius 1 is 1.29 bits per heavy atom. The fraction of sp³-hybridized carbons (Fsp3) is 0.333. The third-order valence-corrected chi connectivity index (χ3v) is 2.49. The molecular weight excluding hydrogens is 293 g/mol. The molecule has 1 aromatic rings. The van der Waals surface area contributed by atoms with Crippen LogP contribution >= 0.6 is 0 Å². The molecule has 0 aliphatic carbocycles. The molecule has 6 nitrogen and oxygen atoms in total. The summed E-state index contributed by atoms with van der Waals surface area (Å²) >= 11 is 0. The van der Waals surface area contributed by atoms with Gasteiger partial charge in [-0.05, 0) is 17.7 Å². The predicted molar refractivity (Wildman–Crippen MR) is 65.3 cm³/mol. The predicted octanol–water partition coefficient (Wildman–Crippen LogP) is 0.950. The zero-order valence-corrected chi connectivity index (χ0v) is 10.6. The minimum Gasteiger partial charge on any atom is -0.480 e. The number of carboxylic acids is 1. The van der Waals surface area contributed by atoms with Gasteiger partial charge >= 0.3 is 18.2 Å². The van der Waals surface area contributed by atoms with Crippen LogP contribution in [0.1, 0.15) is 11.1 Å². The first-order chi connectivity index (χ1) is 9.74. The second kappa shape index (κ2) is 6.93. The average Bonchev–Trinajstić information content (AvgIpc) is 2.41. The van der Waals surface area contributed by atoms with Gasteiger partial charge in [0.25, 0.3) is 0 Å². The molecule has 0 bridgehead atoms. The van der Waals surface area contributed by atoms with Gasteiger partial charge in [-0.25, -0.2) is 9.59 Å². The minimum absolute atomic E-state index is 0.204. The summed E-state index contributed by atoms with van der Waals surface area (Å²) in [5, 5.41) is 21.5. The summed E-state index contributed by atoms with van der Waals surface area (Å²) in [7, 11) is 0. The molecule has 0 aromatic heterocycles. The molecule has 1 aromatic carbocycles. The maximum Gasteiger partial charge on any atom is 0.416 e. The average molecular weight is 306 g/mol. The van der Waals surface area contributed by atoms with Crippen LogP contribution in [0.25, 0.3) is 0 Å². The standard InChI is InChI=1S/C12H13F3N2O4/c13-12(14,15)8-3-1-2-7(4-8)5-16-11(21)17-9(6-18)10(19)20/h1-4,9,18H,5-6H2,(H,19,20)(H2,16,17,21). The molecular formula is C12H13F3N2O4. The van der Waals surface area contributed by atoms with E-state index in [1.165, 1.54) is 12.1 Å². The molecule has 21 heavy (non-hydrogen) atoms. The monoisotopic (exact) mass is 306 g/mol. The van der Waals surface area contributed by atoms with Crippen molar-refractivity contribution >= 4 is 12.0 Å². The van der Waals surface area contributed by atoms with E-state index in [0.29, 0.717) is 0 Å². The van der Waals surface area contributed by atoms with E-state index in [1.54, 1.807) is 0 Å². The lowest BCUT2D eigenvalue weighted by atomic mass is 10.1. The van der Waals surface area contributed by atoms with Crippen molar-refractivity contribution in [2.24, 2.45) is 0 Å². The molecule has 0 fully saturated rings. The Balaban J connectivity index is 2.59. The number of alkyl halides is 3. The van der Waals surface area contributed by atoms with Crippen molar-refractivity contribution in [2.45, 2.75) is 18.8 Å². The van der Waals surface area contributed by atoms with Crippen molar-refractivity contribution in [3.8, 4) is 0 Å². The number of hydrogen-bond acceptors (Lipinski definition) is 3. The number of nitrogens with one attached hydrogen (secondary N) is 2. The fourth-order valence-electron chi connectivity index (χ4n) is 1.43. The number of amides is 2. The number of aliphatic carboxylic acids is 1. The van der Waals surface area contributed by atoms with Gasteiger partial charge < -0.3 is 20.8 Å². The zero-order chi connectivity index (χ0) is 16.0. The first-order valence-corrected chi connectivity index (χ1v) is 5.78. The summed E-state index contributed by atoms with van der Waals surface area (Å²) in [4.78, 5) is 21.9. The lowest BCUT2D eigenvalue weighted by molar-refractivity contribution is -0.140. The molecule has 4 N–H and O–H groups in total. The van der Waals surface area contributed by atoms with Crippen molar-refractivity contribution in [2.75, 3.05) is 6.61 Å². The van der Waals surface area contributed by atoms with Gasteiger partial charge in [-0.1, -0.05) is 12.1 Å². The Labute approximate surface area is 117 Å². The van der Waals surface area contributed by atoms with Crippen LogP contribution in [0.3, 0.4) is 0 Å². The summed E-state index contributed by atoms with van der Waals surface area (Å²) in [6.45, 7) is -1.01. The van der Waals surface area contributed by atoms with Gasteiger partial charge in [0, 0.05) is 6.54 Å². The van der Waals surface area contributed by atoms with Gasteiger partial charge in [-0.3, -0.25) is 0 Å². The lowest BCUT2D eigenvalue weighted by Gasteiger charge is -2.13. The van der Waals surface area contributed by atoms with Crippen LogP contribution in [0.15, 0.2) is 24.3 Å². The van der Waals surface area contributed by atoms with Crippen LogP contribution in [-0.4, -0.2) is 34.9 Å². The highest BCUT2D eigenvalue weighted by Crippen LogP contribution is 2.29. The molecule has 1 rings (SSSR count). The van der Waals surface area contributed by atoms with Crippen molar-refractivity contribution in [1.82, 2.24) is 10.6 Å². The van der Waals surface area contributed by atoms with Crippen molar-refractivity contribution in [3.05, 3.63) is 35.4 Å². The van der Waals surface area contributed by atoms with Crippen molar-refractivity contribution in [3.63, 3.8) is 0 Å². The highest BCUT2D eigenvalue weighted by atomic mass is 19.4. The highest BCUT2D eigenvalue weighted by Gasteiger charge is 2.30. The van der Waals surface area contributed by atoms with E-state index in [0.717, 1.165) is 12.1 Å². The first kappa shape index (κ1) is 16.8. The molecule has 1 unspecified atom stereocenters. The zero-order valence-electron chi connectivity index (χ0n) is 10.6. The van der Waals surface area contributed by atoms with Gasteiger partial charge in [-0.2, -0.15) is 13.2 Å². The normalized spacial score (nSPS) is 12.6. The van der Waals surface area contributed by atoms with Crippen LogP contribution in [-0.2, 0) is 17.5 Å². The number of benzene rings is 1. The Kier molecular flexibility index (Phi) is 5.53. The number of urea groups is 1. The number of carbonyl (C=O) groups excluding carboxylic acids is 1. The smallest absolute Gasteiger partial charge is 0.416 e. The van der Waals surface area contributed by atoms with E-state index in [4.69, 9.17) is 10.2 Å². The SMILES string of the molecule is O=C(NCc1cccc(C(F)(F)F)c1)NC(CO)C(=O)O. The molecule has 0 spiro atoms. The molecule has 0 radical (unpaired) electrons. The lowest BCUT2D eigenvalue weighted by Crippen LogP contribution is -2.47. The molecule has 0 aliphatic heterocycles. The quantitative estimate of drug-likeness (QED) is 0.651. The van der Waals surface area contributed by atoms with Gasteiger partial charge in [-0.15, -0.1) is 0 Å². The second-order valence-electron chi connectivity index (χ2n) is 4.10. The number of carboxylic acid groups (broad SMARTS) is 1. The van der Waals surface area contributed by atoms with Crippen molar-refractivity contribution < 1.29 is 33.0 Å². The molecule has 9 heteroatoms. The first-order valence-electron chi connectivity index (χ1n) is 5.78. The summed E-state index contributed by atoms with van der Waals surface area (Å²) in [5.74, 6) is -1.42. The van der Waals surface area contributed by atoms with Crippen LogP contribution in [0.2, 0.25) is 0 Å². The maximum absolute atomic E-state index is 12.5. The molecule has 0 saturated carbocycles. The van der Waals surface area contributed by atoms with Crippen LogP contribution in [0.4, 0.5) is 18.0 Å². The third kappa shape index (κ3) is 5.30. The number of carbonyl (C=O) groups is 2. The maximum atomic E-state index is 12.5. The molecule has 0 saturated heterocycles. The molecule has 2 amide bonds. The summed E-state index contributed by atoms with van der Waals surface area (Å²) in [5.41, 5.74) is -0.642. The van der Waals surface area contributed by atoms with E-state index < -0.39 is 36.4 Å². The number of rotatable bonds is 5. The van der Waals surface area contributed by atoms with E-state index >= 15 is 0 Å². The van der Waals surface area contributed by atoms with E-state index in [2.05, 4.69) is 5.32 Å². The van der Waals surface area contributed by atoms with Crippen LogP contribution in [0, 0.1) is 0 Å². The van der Waals surface area contributed by atoms with E-state index in [9.17, 15) is 22.8 Å². The molecule has 1 atom stereocenters. The molecule has 0 heterocycles. The topological polar surface area (TPSA) is 98.7 Å². The Morgan fingerprint density at radius 2 is 1.95 bits per heavy atom. The number of halogens is 3. The van der Waals surface area contributed by atoms with Crippen molar-refractivity contribution in [1.29, 1.82) is 0 Å². The largest absolute Gasteiger partial charge is 0.480 e. The summed E-state index contributed by atoms with van der Waals surface area (Å²) in [6.07, 6.45) is -4.48. The van der Waals surface area contributed by atoms with E-state index in [-0.39, 0.29) is 12.1 Å². The second-order valence-corrected chi connectivity index (χ2v) is 4.10. The van der Waals surface area contributed by atoms with Gasteiger partial charge in [0.2, 0.25) is 0 Å². The Bertz CT molecular complexity index is 519. The number of aliphatic hydroxyl groups excluding tert-OH is 1. The fourth-order valence-corrected chi connectivity index (χ4v) is 1.43. The highest BCUT2D eigenvalue weighted by molar-refractivity contribution is 5.82. The minimum atomic E-state index is -4.48. The van der Waals surface area contributed by atoms with Gasteiger partial charge in [0.1, 0.15) is 0 Å². The third-order valence-electron chi connectivity index (χ3n) is 2.49. The summed E-state index contributed by atoms with van der Waals surface area (Å²) in [6, 6.07) is 1.97. The van der Waals surface area contributed by atoms with Gasteiger partial charge in [0.05, 0.1) is 12.2 Å². The molecule has 116 valence electrons. The molecule has 0 aliphatic rings. The van der Waals surface area contributed by atoms with Gasteiger partial charge in [0.15, 0.2) is 6.04 Å². The summed E-state index contributed by atoms with van der Waals surface area (Å²) < 4.78 is 37.4. The number of aliphatic hydroxyl groups is 1. The van der Waals surface area contributed by atoms with E-state index in [1.807, 2.05) is 5.32 Å². The van der Waals surface area contributed by atoms with Crippen LogP contribution < -0.4 is 10.6 Å². The Hall–Kier alpha value is -2.29. The Morgan fingerprint density at radius 3 is 2.48 bits per heavy atom. The number of hydrogen-bond donors (Lipinski definition) is 4.